The van der Waals surface area contributed by atoms with Gasteiger partial charge in [-0.25, -0.2) is 0 Å². The third-order valence-corrected chi connectivity index (χ3v) is 2.11. The molecule has 0 aliphatic carbocycles. The van der Waals surface area contributed by atoms with Crippen molar-refractivity contribution < 1.29 is 23.4 Å². The summed E-state index contributed by atoms with van der Waals surface area (Å²) in [5, 5.41) is 18.2. The molecule has 0 saturated heterocycles. The number of alkyl halides is 3. The van der Waals surface area contributed by atoms with Crippen molar-refractivity contribution in [3.05, 3.63) is 23.3 Å². The van der Waals surface area contributed by atoms with Crippen molar-refractivity contribution >= 4 is 0 Å². The van der Waals surface area contributed by atoms with E-state index in [-0.39, 0.29) is 5.56 Å². The van der Waals surface area contributed by atoms with E-state index in [4.69, 9.17) is 10.8 Å². The van der Waals surface area contributed by atoms with Crippen LogP contribution in [-0.2, 0) is 11.7 Å². The second-order valence-electron chi connectivity index (χ2n) is 4.11. The van der Waals surface area contributed by atoms with Gasteiger partial charge in [0.05, 0.1) is 5.56 Å². The molecule has 0 aliphatic rings. The van der Waals surface area contributed by atoms with Crippen molar-refractivity contribution in [1.82, 2.24) is 0 Å². The van der Waals surface area contributed by atoms with E-state index in [2.05, 4.69) is 0 Å². The molecule has 0 fully saturated rings. The zero-order valence-electron chi connectivity index (χ0n) is 8.76. The first-order valence-corrected chi connectivity index (χ1v) is 4.46. The molecule has 0 spiro atoms. The fourth-order valence-electron chi connectivity index (χ4n) is 1.34. The van der Waals surface area contributed by atoms with Crippen LogP contribution in [0.15, 0.2) is 12.1 Å². The predicted octanol–water partition coefficient (Wildman–Crippen LogP) is 2.31. The lowest BCUT2D eigenvalue weighted by atomic mass is 9.90. The van der Waals surface area contributed by atoms with Crippen molar-refractivity contribution in [3.8, 4) is 11.5 Å². The molecule has 0 unspecified atom stereocenters. The number of hydrogen-bond donors (Lipinski definition) is 3. The van der Waals surface area contributed by atoms with E-state index < -0.39 is 28.8 Å². The Kier molecular flexibility index (Phi) is 2.81. The van der Waals surface area contributed by atoms with Gasteiger partial charge in [0.25, 0.3) is 0 Å². The number of rotatable bonds is 1. The van der Waals surface area contributed by atoms with Gasteiger partial charge < -0.3 is 15.9 Å². The lowest BCUT2D eigenvalue weighted by molar-refractivity contribution is -0.138. The van der Waals surface area contributed by atoms with Gasteiger partial charge in [-0.15, -0.1) is 0 Å². The molecule has 0 bridgehead atoms. The maximum Gasteiger partial charge on any atom is 0.416 e. The van der Waals surface area contributed by atoms with E-state index in [9.17, 15) is 18.3 Å². The van der Waals surface area contributed by atoms with Gasteiger partial charge in [0, 0.05) is 5.54 Å². The number of hydrogen-bond acceptors (Lipinski definition) is 3. The number of phenols is 2. The minimum atomic E-state index is -4.63. The smallest absolute Gasteiger partial charge is 0.416 e. The largest absolute Gasteiger partial charge is 0.504 e. The van der Waals surface area contributed by atoms with Gasteiger partial charge in [0.15, 0.2) is 11.5 Å². The van der Waals surface area contributed by atoms with Crippen molar-refractivity contribution in [3.63, 3.8) is 0 Å². The van der Waals surface area contributed by atoms with Gasteiger partial charge in [-0.2, -0.15) is 13.2 Å². The number of halogens is 3. The molecule has 1 aromatic rings. The highest BCUT2D eigenvalue weighted by Crippen LogP contribution is 2.41. The molecule has 1 aromatic carbocycles. The molecule has 0 aromatic heterocycles. The van der Waals surface area contributed by atoms with Gasteiger partial charge in [0.1, 0.15) is 0 Å². The SMILES string of the molecule is CC(C)(N)c1cc(O)c(O)cc1C(F)(F)F. The maximum atomic E-state index is 12.6. The molecule has 0 atom stereocenters. The van der Waals surface area contributed by atoms with Crippen LogP contribution in [-0.4, -0.2) is 10.2 Å². The topological polar surface area (TPSA) is 66.5 Å². The van der Waals surface area contributed by atoms with E-state index in [1.807, 2.05) is 0 Å². The first-order valence-electron chi connectivity index (χ1n) is 4.46. The van der Waals surface area contributed by atoms with Crippen LogP contribution in [0.5, 0.6) is 11.5 Å². The molecule has 0 saturated carbocycles. The zero-order chi connectivity index (χ0) is 12.7. The monoisotopic (exact) mass is 235 g/mol. The molecule has 0 heterocycles. The lowest BCUT2D eigenvalue weighted by Crippen LogP contribution is -2.31. The van der Waals surface area contributed by atoms with E-state index in [1.54, 1.807) is 0 Å². The minimum absolute atomic E-state index is 0.268. The lowest BCUT2D eigenvalue weighted by Gasteiger charge is -2.24. The first kappa shape index (κ1) is 12.6. The van der Waals surface area contributed by atoms with E-state index in [0.29, 0.717) is 6.07 Å². The normalized spacial score (nSPS) is 12.9. The number of aromatic hydroxyl groups is 2. The quantitative estimate of drug-likeness (QED) is 0.654. The highest BCUT2D eigenvalue weighted by atomic mass is 19.4. The Balaban J connectivity index is 3.53. The number of phenolic OH excluding ortho intramolecular Hbond substituents is 2. The van der Waals surface area contributed by atoms with Crippen LogP contribution in [0, 0.1) is 0 Å². The van der Waals surface area contributed by atoms with Crippen molar-refractivity contribution in [2.24, 2.45) is 5.73 Å². The summed E-state index contributed by atoms with van der Waals surface area (Å²) in [6, 6.07) is 1.30. The predicted molar refractivity (Wildman–Crippen MR) is 52.0 cm³/mol. The molecule has 0 amide bonds. The Morgan fingerprint density at radius 1 is 1.00 bits per heavy atom. The van der Waals surface area contributed by atoms with E-state index in [1.165, 1.54) is 13.8 Å². The molecule has 16 heavy (non-hydrogen) atoms. The zero-order valence-corrected chi connectivity index (χ0v) is 8.76. The van der Waals surface area contributed by atoms with Crippen LogP contribution in [0.3, 0.4) is 0 Å². The molecule has 0 aliphatic heterocycles. The maximum absolute atomic E-state index is 12.6. The second-order valence-corrected chi connectivity index (χ2v) is 4.11. The molecular formula is C10H12F3NO2. The molecule has 3 nitrogen and oxygen atoms in total. The fraction of sp³-hybridized carbons (Fsp3) is 0.400. The van der Waals surface area contributed by atoms with Crippen LogP contribution >= 0.6 is 0 Å². The van der Waals surface area contributed by atoms with Gasteiger partial charge in [-0.05, 0) is 31.5 Å². The van der Waals surface area contributed by atoms with Gasteiger partial charge in [0.2, 0.25) is 0 Å². The highest BCUT2D eigenvalue weighted by Gasteiger charge is 2.37. The molecular weight excluding hydrogens is 223 g/mol. The Morgan fingerprint density at radius 3 is 1.69 bits per heavy atom. The Bertz CT molecular complexity index is 369. The highest BCUT2D eigenvalue weighted by molar-refractivity contribution is 5.48. The fourth-order valence-corrected chi connectivity index (χ4v) is 1.34. The van der Waals surface area contributed by atoms with Crippen molar-refractivity contribution in [1.29, 1.82) is 0 Å². The van der Waals surface area contributed by atoms with Crippen molar-refractivity contribution in [2.45, 2.75) is 25.6 Å². The first-order chi connectivity index (χ1) is 7.03. The van der Waals surface area contributed by atoms with Gasteiger partial charge in [-0.3, -0.25) is 0 Å². The molecule has 1 rings (SSSR count). The van der Waals surface area contributed by atoms with Gasteiger partial charge >= 0.3 is 6.18 Å². The Morgan fingerprint density at radius 2 is 1.38 bits per heavy atom. The molecule has 4 N–H and O–H groups in total. The summed E-state index contributed by atoms with van der Waals surface area (Å²) < 4.78 is 37.9. The third kappa shape index (κ3) is 2.38. The van der Waals surface area contributed by atoms with Crippen LogP contribution in [0.2, 0.25) is 0 Å². The summed E-state index contributed by atoms with van der Waals surface area (Å²) >= 11 is 0. The summed E-state index contributed by atoms with van der Waals surface area (Å²) in [7, 11) is 0. The van der Waals surface area contributed by atoms with Crippen molar-refractivity contribution in [2.75, 3.05) is 0 Å². The summed E-state index contributed by atoms with van der Waals surface area (Å²) in [4.78, 5) is 0. The second kappa shape index (κ2) is 3.55. The average Bonchev–Trinajstić information content (AvgIpc) is 2.05. The standard InChI is InChI=1S/C10H12F3NO2/c1-9(2,14)5-3-7(15)8(16)4-6(5)10(11,12)13/h3-4,15-16H,14H2,1-2H3. The Labute approximate surface area is 90.3 Å². The average molecular weight is 235 g/mol. The van der Waals surface area contributed by atoms with Crippen LogP contribution in [0.4, 0.5) is 13.2 Å². The summed E-state index contributed by atoms with van der Waals surface area (Å²) in [5.74, 6) is -1.44. The Hall–Kier alpha value is -1.43. The van der Waals surface area contributed by atoms with Gasteiger partial charge in [-0.1, -0.05) is 0 Å². The molecule has 90 valence electrons. The number of benzene rings is 1. The summed E-state index contributed by atoms with van der Waals surface area (Å²) in [5.41, 5.74) is 3.00. The van der Waals surface area contributed by atoms with Crippen LogP contribution in [0.25, 0.3) is 0 Å². The van der Waals surface area contributed by atoms with Crippen LogP contribution in [0.1, 0.15) is 25.0 Å². The molecule has 6 heteroatoms. The van der Waals surface area contributed by atoms with E-state index in [0.717, 1.165) is 6.07 Å². The molecule has 0 radical (unpaired) electrons. The number of nitrogens with two attached hydrogens (primary N) is 1. The third-order valence-electron chi connectivity index (χ3n) is 2.11. The minimum Gasteiger partial charge on any atom is -0.504 e. The van der Waals surface area contributed by atoms with E-state index >= 15 is 0 Å². The summed E-state index contributed by atoms with van der Waals surface area (Å²) in [6.45, 7) is 2.77. The van der Waals surface area contributed by atoms with Crippen LogP contribution < -0.4 is 5.73 Å². The summed E-state index contributed by atoms with van der Waals surface area (Å²) in [6.07, 6.45) is -4.63.